The molecule has 0 amide bonds. The monoisotopic (exact) mass is 277 g/mol. The number of hydrogen-bond donors (Lipinski definition) is 0. The Labute approximate surface area is 132 Å². The molecule has 19 heavy (non-hydrogen) atoms. The predicted molar refractivity (Wildman–Crippen MR) is 61.0 cm³/mol. The smallest absolute Gasteiger partial charge is 1.00 e. The number of hydrogen-bond acceptors (Lipinski definition) is 6. The van der Waals surface area contributed by atoms with E-state index in [4.69, 9.17) is 4.74 Å². The second-order valence-electron chi connectivity index (χ2n) is 3.39. The average molecular weight is 277 g/mol. The molecular weight excluding hydrogens is 265 g/mol. The van der Waals surface area contributed by atoms with Gasteiger partial charge < -0.3 is 10.9 Å². The molecule has 0 aliphatic heterocycles. The van der Waals surface area contributed by atoms with Gasteiger partial charge in [0, 0.05) is 6.07 Å². The first-order valence-corrected chi connectivity index (χ1v) is 5.00. The minimum Gasteiger partial charge on any atom is -1.00 e. The van der Waals surface area contributed by atoms with Crippen LogP contribution >= 0.6 is 0 Å². The zero-order chi connectivity index (χ0) is 13.7. The molecule has 0 spiro atoms. The molecule has 0 radical (unpaired) electrons. The fraction of sp³-hybridized carbons (Fsp3) is 0.273. The molecule has 1 rings (SSSR count). The number of nitrogens with zero attached hydrogens (tertiary/aromatic N) is 1. The van der Waals surface area contributed by atoms with Crippen molar-refractivity contribution >= 4 is 17.6 Å². The van der Waals surface area contributed by atoms with Gasteiger partial charge in [-0.3, -0.25) is 19.7 Å². The number of nitro benzene ring substituents is 1. The Balaban J connectivity index is 0. The number of carbonyl (C=O) groups excluding carboxylic acids is 2. The van der Waals surface area contributed by atoms with Crippen LogP contribution in [0.5, 0.6) is 5.75 Å². The van der Waals surface area contributed by atoms with E-state index in [2.05, 4.69) is 4.74 Å². The van der Waals surface area contributed by atoms with Gasteiger partial charge in [-0.05, 0) is 13.0 Å². The Morgan fingerprint density at radius 3 is 2.42 bits per heavy atom. The van der Waals surface area contributed by atoms with Crippen LogP contribution in [0.25, 0.3) is 0 Å². The summed E-state index contributed by atoms with van der Waals surface area (Å²) in [5, 5.41) is 10.7. The van der Waals surface area contributed by atoms with Crippen LogP contribution in [0.4, 0.5) is 5.69 Å². The van der Waals surface area contributed by atoms with Crippen molar-refractivity contribution in [2.75, 3.05) is 7.11 Å². The van der Waals surface area contributed by atoms with Crippen molar-refractivity contribution in [3.8, 4) is 5.75 Å². The summed E-state index contributed by atoms with van der Waals surface area (Å²) < 4.78 is 9.19. The Hall–Kier alpha value is -1.44. The average Bonchev–Trinajstić information content (AvgIpc) is 2.37. The molecule has 0 fully saturated rings. The van der Waals surface area contributed by atoms with Crippen molar-refractivity contribution in [1.82, 2.24) is 0 Å². The van der Waals surface area contributed by atoms with Crippen molar-refractivity contribution in [2.45, 2.75) is 6.92 Å². The molecule has 0 aliphatic rings. The molecular formula is C11H12NNaO6. The van der Waals surface area contributed by atoms with Crippen molar-refractivity contribution < 1.29 is 55.0 Å². The number of benzene rings is 1. The normalized spacial score (nSPS) is 10.8. The van der Waals surface area contributed by atoms with Crippen molar-refractivity contribution in [2.24, 2.45) is 5.92 Å². The summed E-state index contributed by atoms with van der Waals surface area (Å²) >= 11 is 0. The molecule has 98 valence electrons. The van der Waals surface area contributed by atoms with Gasteiger partial charge in [0.1, 0.15) is 0 Å². The Kier molecular flexibility index (Phi) is 7.28. The molecule has 1 aromatic rings. The quantitative estimate of drug-likeness (QED) is 0.165. The summed E-state index contributed by atoms with van der Waals surface area (Å²) in [6.45, 7) is 1.29. The summed E-state index contributed by atoms with van der Waals surface area (Å²) in [5.74, 6) is -3.02. The minimum atomic E-state index is -1.14. The third-order valence-corrected chi connectivity index (χ3v) is 2.18. The first-order valence-electron chi connectivity index (χ1n) is 5.00. The SMILES string of the molecule is COC(=O)C(C)C(=O)Oc1ccccc1[N+](=O)[O-].[H-].[Na+]. The van der Waals surface area contributed by atoms with Crippen LogP contribution in [0, 0.1) is 16.0 Å². The first kappa shape index (κ1) is 17.6. The van der Waals surface area contributed by atoms with Crippen LogP contribution in [0.1, 0.15) is 8.35 Å². The van der Waals surface area contributed by atoms with E-state index < -0.39 is 22.8 Å². The topological polar surface area (TPSA) is 95.7 Å². The molecule has 0 bridgehead atoms. The third-order valence-electron chi connectivity index (χ3n) is 2.18. The first-order chi connectivity index (χ1) is 8.47. The van der Waals surface area contributed by atoms with Gasteiger partial charge in [-0.15, -0.1) is 0 Å². The van der Waals surface area contributed by atoms with Gasteiger partial charge in [0.2, 0.25) is 5.75 Å². The molecule has 1 aromatic carbocycles. The van der Waals surface area contributed by atoms with Gasteiger partial charge in [0.05, 0.1) is 12.0 Å². The molecule has 1 unspecified atom stereocenters. The van der Waals surface area contributed by atoms with Gasteiger partial charge >= 0.3 is 47.2 Å². The maximum absolute atomic E-state index is 11.5. The van der Waals surface area contributed by atoms with E-state index in [1.165, 1.54) is 31.2 Å². The molecule has 0 heterocycles. The van der Waals surface area contributed by atoms with E-state index in [0.717, 1.165) is 7.11 Å². The van der Waals surface area contributed by atoms with Crippen molar-refractivity contribution in [3.63, 3.8) is 0 Å². The van der Waals surface area contributed by atoms with E-state index in [1.54, 1.807) is 0 Å². The van der Waals surface area contributed by atoms with Crippen LogP contribution in [-0.2, 0) is 14.3 Å². The van der Waals surface area contributed by atoms with E-state index in [1.807, 2.05) is 0 Å². The Morgan fingerprint density at radius 1 is 1.32 bits per heavy atom. The number of nitro groups is 1. The van der Waals surface area contributed by atoms with Crippen LogP contribution < -0.4 is 34.3 Å². The van der Waals surface area contributed by atoms with E-state index in [-0.39, 0.29) is 42.4 Å². The van der Waals surface area contributed by atoms with Crippen LogP contribution in [0.3, 0.4) is 0 Å². The molecule has 1 atom stereocenters. The minimum absolute atomic E-state index is 0. The molecule has 0 saturated heterocycles. The molecule has 0 aliphatic carbocycles. The predicted octanol–water partition coefficient (Wildman–Crippen LogP) is -1.57. The zero-order valence-electron chi connectivity index (χ0n) is 11.8. The third kappa shape index (κ3) is 4.62. The van der Waals surface area contributed by atoms with Gasteiger partial charge in [-0.2, -0.15) is 0 Å². The van der Waals surface area contributed by atoms with E-state index in [0.29, 0.717) is 0 Å². The van der Waals surface area contributed by atoms with Crippen LogP contribution in [-0.4, -0.2) is 24.0 Å². The number of ether oxygens (including phenoxy) is 2. The van der Waals surface area contributed by atoms with E-state index >= 15 is 0 Å². The molecule has 7 nitrogen and oxygen atoms in total. The van der Waals surface area contributed by atoms with Crippen molar-refractivity contribution in [1.29, 1.82) is 0 Å². The van der Waals surface area contributed by atoms with Gasteiger partial charge in [0.15, 0.2) is 5.92 Å². The summed E-state index contributed by atoms with van der Waals surface area (Å²) in [5.41, 5.74) is -0.345. The number of methoxy groups -OCH3 is 1. The van der Waals surface area contributed by atoms with Crippen molar-refractivity contribution in [3.05, 3.63) is 34.4 Å². The largest absolute Gasteiger partial charge is 1.00 e. The number of carbonyl (C=O) groups is 2. The van der Waals surface area contributed by atoms with Gasteiger partial charge in [-0.25, -0.2) is 0 Å². The second kappa shape index (κ2) is 7.88. The number of esters is 2. The van der Waals surface area contributed by atoms with Crippen LogP contribution in [0.2, 0.25) is 0 Å². The Bertz CT molecular complexity index is 496. The molecule has 0 saturated carbocycles. The maximum Gasteiger partial charge on any atom is 1.00 e. The van der Waals surface area contributed by atoms with Gasteiger partial charge in [0.25, 0.3) is 0 Å². The fourth-order valence-electron chi connectivity index (χ4n) is 1.16. The van der Waals surface area contributed by atoms with Gasteiger partial charge in [-0.1, -0.05) is 12.1 Å². The molecule has 0 N–H and O–H groups in total. The molecule has 8 heteroatoms. The summed E-state index contributed by atoms with van der Waals surface area (Å²) in [6, 6.07) is 5.41. The summed E-state index contributed by atoms with van der Waals surface area (Å²) in [7, 11) is 1.14. The molecule has 0 aromatic heterocycles. The zero-order valence-corrected chi connectivity index (χ0v) is 12.8. The summed E-state index contributed by atoms with van der Waals surface area (Å²) in [6.07, 6.45) is 0. The standard InChI is InChI=1S/C11H11NO6.Na.H/c1-7(10(13)17-2)11(14)18-9-6-4-3-5-8(9)12(15)16;;/h3-7H,1-2H3;;/q;+1;-1. The number of rotatable bonds is 4. The maximum atomic E-state index is 11.5. The van der Waals surface area contributed by atoms with E-state index in [9.17, 15) is 19.7 Å². The number of para-hydroxylation sites is 2. The fourth-order valence-corrected chi connectivity index (χ4v) is 1.16. The van der Waals surface area contributed by atoms with Crippen LogP contribution in [0.15, 0.2) is 24.3 Å². The second-order valence-corrected chi connectivity index (χ2v) is 3.39. The summed E-state index contributed by atoms with van der Waals surface area (Å²) in [4.78, 5) is 32.7. The Morgan fingerprint density at radius 2 is 1.89 bits per heavy atom.